The Kier molecular flexibility index (Phi) is 6.07. The molecule has 0 amide bonds. The van der Waals surface area contributed by atoms with E-state index in [0.29, 0.717) is 36.0 Å². The number of hydrogen-bond donors (Lipinski definition) is 2. The zero-order chi connectivity index (χ0) is 23.0. The Morgan fingerprint density at radius 1 is 1.38 bits per heavy atom. The van der Waals surface area contributed by atoms with Gasteiger partial charge in [-0.15, -0.1) is 5.10 Å². The van der Waals surface area contributed by atoms with Crippen molar-refractivity contribution in [3.8, 4) is 5.88 Å². The number of hydrogen-bond acceptors (Lipinski definition) is 7. The first-order valence-electron chi connectivity index (χ1n) is 10.8. The van der Waals surface area contributed by atoms with Crippen LogP contribution in [-0.2, 0) is 13.6 Å². The molecule has 4 rings (SSSR count). The van der Waals surface area contributed by atoms with Crippen LogP contribution >= 0.6 is 0 Å². The molecule has 32 heavy (non-hydrogen) atoms. The van der Waals surface area contributed by atoms with E-state index in [1.165, 1.54) is 6.08 Å². The number of imidazole rings is 1. The summed E-state index contributed by atoms with van der Waals surface area (Å²) < 4.78 is 10.5. The maximum atomic E-state index is 13.4. The van der Waals surface area contributed by atoms with Crippen molar-refractivity contribution in [1.82, 2.24) is 28.6 Å². The minimum atomic E-state index is -0.657. The van der Waals surface area contributed by atoms with Crippen molar-refractivity contribution in [2.45, 2.75) is 39.0 Å². The van der Waals surface area contributed by atoms with Crippen molar-refractivity contribution in [2.75, 3.05) is 25.5 Å². The molecule has 3 aromatic heterocycles. The Morgan fingerprint density at radius 2 is 2.16 bits per heavy atom. The van der Waals surface area contributed by atoms with Crippen molar-refractivity contribution < 1.29 is 9.84 Å². The Labute approximate surface area is 186 Å². The number of rotatable bonds is 8. The van der Waals surface area contributed by atoms with Gasteiger partial charge in [0.15, 0.2) is 5.65 Å². The van der Waals surface area contributed by atoms with Crippen molar-refractivity contribution in [2.24, 2.45) is 13.0 Å². The van der Waals surface area contributed by atoms with E-state index in [1.54, 1.807) is 27.0 Å². The predicted octanol–water partition coefficient (Wildman–Crippen LogP) is 1.93. The van der Waals surface area contributed by atoms with Crippen LogP contribution < -0.4 is 15.7 Å². The molecule has 2 N–H and O–H groups in total. The third-order valence-electron chi connectivity index (χ3n) is 5.96. The number of aliphatic hydroxyl groups excluding tert-OH is 1. The maximum absolute atomic E-state index is 13.4. The van der Waals surface area contributed by atoms with Gasteiger partial charge < -0.3 is 15.2 Å². The van der Waals surface area contributed by atoms with Gasteiger partial charge >= 0.3 is 5.69 Å². The number of methoxy groups -OCH3 is 1. The summed E-state index contributed by atoms with van der Waals surface area (Å²) in [7, 11) is 3.39. The van der Waals surface area contributed by atoms with Gasteiger partial charge in [0.25, 0.3) is 5.88 Å². The van der Waals surface area contributed by atoms with E-state index in [0.717, 1.165) is 18.7 Å². The Balaban J connectivity index is 1.74. The van der Waals surface area contributed by atoms with Gasteiger partial charge in [-0.05, 0) is 24.3 Å². The standard InChI is InChI=1S/C22H31N7O3/c1-6-19(30)27-8-7-15(10-27)11-28-13-16(24-17-12-26(4)25-21(17)32-5)20-23-9-18(14(2)3)29(20)22(28)31/h6,9,12-15,19,24,30H,1,7-8,10-11H2,2-5H3. The summed E-state index contributed by atoms with van der Waals surface area (Å²) in [6.45, 7) is 9.78. The third kappa shape index (κ3) is 4.03. The fraction of sp³-hybridized carbons (Fsp3) is 0.500. The zero-order valence-electron chi connectivity index (χ0n) is 19.0. The second-order valence-corrected chi connectivity index (χ2v) is 8.62. The number of anilines is 2. The molecule has 3 aromatic rings. The first-order chi connectivity index (χ1) is 15.3. The van der Waals surface area contributed by atoms with Crippen molar-refractivity contribution in [3.05, 3.63) is 47.4 Å². The van der Waals surface area contributed by atoms with E-state index in [9.17, 15) is 9.90 Å². The fourth-order valence-corrected chi connectivity index (χ4v) is 4.31. The summed E-state index contributed by atoms with van der Waals surface area (Å²) in [5.74, 6) is 0.842. The second kappa shape index (κ2) is 8.79. The molecule has 2 atom stereocenters. The molecule has 2 unspecified atom stereocenters. The summed E-state index contributed by atoms with van der Waals surface area (Å²) in [6, 6.07) is 0. The Bertz CT molecular complexity index is 1180. The molecule has 10 nitrogen and oxygen atoms in total. The SMILES string of the molecule is C=CC(O)N1CCC(Cn2cc(Nc3cn(C)nc3OC)c3ncc(C(C)C)n3c2=O)C1. The molecule has 0 spiro atoms. The lowest BCUT2D eigenvalue weighted by atomic mass is 10.1. The summed E-state index contributed by atoms with van der Waals surface area (Å²) >= 11 is 0. The van der Waals surface area contributed by atoms with E-state index in [1.807, 2.05) is 38.2 Å². The summed E-state index contributed by atoms with van der Waals surface area (Å²) in [5, 5.41) is 17.7. The molecule has 1 fully saturated rings. The van der Waals surface area contributed by atoms with Crippen LogP contribution in [0.3, 0.4) is 0 Å². The molecule has 1 aliphatic rings. The van der Waals surface area contributed by atoms with E-state index in [2.05, 4.69) is 22.0 Å². The first-order valence-corrected chi connectivity index (χ1v) is 10.8. The number of likely N-dealkylation sites (tertiary alicyclic amines) is 1. The molecule has 0 aromatic carbocycles. The van der Waals surface area contributed by atoms with Crippen molar-refractivity contribution in [1.29, 1.82) is 0 Å². The van der Waals surface area contributed by atoms with Gasteiger partial charge in [0.05, 0.1) is 24.7 Å². The predicted molar refractivity (Wildman–Crippen MR) is 122 cm³/mol. The average molecular weight is 442 g/mol. The molecular formula is C22H31N7O3. The lowest BCUT2D eigenvalue weighted by Gasteiger charge is -2.20. The second-order valence-electron chi connectivity index (χ2n) is 8.62. The number of aromatic nitrogens is 5. The maximum Gasteiger partial charge on any atom is 0.334 e. The number of fused-ring (bicyclic) bond motifs is 1. The van der Waals surface area contributed by atoms with Crippen LogP contribution in [-0.4, -0.2) is 60.2 Å². The van der Waals surface area contributed by atoms with Crippen LogP contribution in [0.5, 0.6) is 5.88 Å². The smallest absolute Gasteiger partial charge is 0.334 e. The van der Waals surface area contributed by atoms with Gasteiger partial charge in [0.1, 0.15) is 11.9 Å². The Morgan fingerprint density at radius 3 is 2.84 bits per heavy atom. The van der Waals surface area contributed by atoms with Crippen LogP contribution in [0.25, 0.3) is 5.65 Å². The van der Waals surface area contributed by atoms with Gasteiger partial charge in [-0.1, -0.05) is 20.4 Å². The highest BCUT2D eigenvalue weighted by atomic mass is 16.5. The topological polar surface area (TPSA) is 102 Å². The normalized spacial score (nSPS) is 17.9. The number of aryl methyl sites for hydroxylation is 1. The molecule has 10 heteroatoms. The third-order valence-corrected chi connectivity index (χ3v) is 5.96. The molecule has 1 saturated heterocycles. The highest BCUT2D eigenvalue weighted by Gasteiger charge is 2.27. The monoisotopic (exact) mass is 441 g/mol. The summed E-state index contributed by atoms with van der Waals surface area (Å²) in [4.78, 5) is 20.0. The van der Waals surface area contributed by atoms with E-state index >= 15 is 0 Å². The van der Waals surface area contributed by atoms with Crippen LogP contribution in [0.1, 0.15) is 31.9 Å². The van der Waals surface area contributed by atoms with Gasteiger partial charge in [0, 0.05) is 39.1 Å². The van der Waals surface area contributed by atoms with Crippen molar-refractivity contribution >= 4 is 17.0 Å². The quantitative estimate of drug-likeness (QED) is 0.515. The number of nitrogens with zero attached hydrogens (tertiary/aromatic N) is 6. The molecule has 1 aliphatic heterocycles. The molecule has 0 saturated carbocycles. The number of aliphatic hydroxyl groups is 1. The van der Waals surface area contributed by atoms with E-state index in [-0.39, 0.29) is 17.5 Å². The highest BCUT2D eigenvalue weighted by Crippen LogP contribution is 2.29. The summed E-state index contributed by atoms with van der Waals surface area (Å²) in [6.07, 6.45) is 7.17. The van der Waals surface area contributed by atoms with Crippen LogP contribution in [0.15, 0.2) is 36.0 Å². The van der Waals surface area contributed by atoms with E-state index < -0.39 is 6.23 Å². The minimum Gasteiger partial charge on any atom is -0.478 e. The first kappa shape index (κ1) is 22.1. The lowest BCUT2D eigenvalue weighted by molar-refractivity contribution is 0.0578. The minimum absolute atomic E-state index is 0.118. The molecular weight excluding hydrogens is 410 g/mol. The van der Waals surface area contributed by atoms with Gasteiger partial charge in [0.2, 0.25) is 0 Å². The van der Waals surface area contributed by atoms with Gasteiger partial charge in [-0.2, -0.15) is 0 Å². The van der Waals surface area contributed by atoms with Gasteiger partial charge in [-0.25, -0.2) is 14.2 Å². The van der Waals surface area contributed by atoms with Gasteiger partial charge in [-0.3, -0.25) is 14.1 Å². The van der Waals surface area contributed by atoms with Crippen LogP contribution in [0, 0.1) is 5.92 Å². The highest BCUT2D eigenvalue weighted by molar-refractivity contribution is 5.75. The molecule has 4 heterocycles. The molecule has 172 valence electrons. The lowest BCUT2D eigenvalue weighted by Crippen LogP contribution is -2.33. The molecule has 0 aliphatic carbocycles. The van der Waals surface area contributed by atoms with Crippen molar-refractivity contribution in [3.63, 3.8) is 0 Å². The molecule has 0 radical (unpaired) electrons. The number of nitrogens with one attached hydrogen (secondary N) is 1. The Hall–Kier alpha value is -3.11. The van der Waals surface area contributed by atoms with E-state index in [4.69, 9.17) is 4.74 Å². The van der Waals surface area contributed by atoms with Crippen LogP contribution in [0.4, 0.5) is 11.4 Å². The zero-order valence-corrected chi connectivity index (χ0v) is 19.0. The molecule has 0 bridgehead atoms. The number of ether oxygens (including phenoxy) is 1. The average Bonchev–Trinajstić information content (AvgIpc) is 3.49. The largest absolute Gasteiger partial charge is 0.478 e. The summed E-state index contributed by atoms with van der Waals surface area (Å²) in [5.41, 5.74) is 2.69. The van der Waals surface area contributed by atoms with Crippen LogP contribution in [0.2, 0.25) is 0 Å². The fourth-order valence-electron chi connectivity index (χ4n) is 4.31.